The Bertz CT molecular complexity index is 584. The summed E-state index contributed by atoms with van der Waals surface area (Å²) in [6, 6.07) is 7.55. The maximum Gasteiger partial charge on any atom is 0.331 e. The Morgan fingerprint density at radius 1 is 1.12 bits per heavy atom. The third-order valence-electron chi connectivity index (χ3n) is 5.08. The number of rotatable bonds is 4. The third-order valence-corrected chi connectivity index (χ3v) is 5.08. The van der Waals surface area contributed by atoms with Crippen LogP contribution in [0.15, 0.2) is 30.3 Å². The minimum atomic E-state index is -0.285. The first kappa shape index (κ1) is 18.5. The van der Waals surface area contributed by atoms with Crippen molar-refractivity contribution in [1.82, 2.24) is 4.90 Å². The van der Waals surface area contributed by atoms with E-state index in [0.29, 0.717) is 0 Å². The fourth-order valence-corrected chi connectivity index (χ4v) is 3.45. The number of nitrogens with zero attached hydrogens (tertiary/aromatic N) is 1. The van der Waals surface area contributed by atoms with Crippen LogP contribution in [0, 0.1) is 0 Å². The van der Waals surface area contributed by atoms with Gasteiger partial charge in [-0.05, 0) is 58.5 Å². The SMILES string of the molecule is COc1ccc(/C=C/C(=O)OC2CC(C)(C)N(C)C(C)(C)C2)cc1. The van der Waals surface area contributed by atoms with Crippen LogP contribution in [0.4, 0.5) is 0 Å². The van der Waals surface area contributed by atoms with Crippen molar-refractivity contribution in [3.05, 3.63) is 35.9 Å². The number of likely N-dealkylation sites (tertiary alicyclic amines) is 1. The highest BCUT2D eigenvalue weighted by molar-refractivity contribution is 5.87. The lowest BCUT2D eigenvalue weighted by Gasteiger charge is -2.53. The van der Waals surface area contributed by atoms with Gasteiger partial charge in [0.05, 0.1) is 7.11 Å². The number of ether oxygens (including phenoxy) is 2. The topological polar surface area (TPSA) is 38.8 Å². The number of benzene rings is 1. The summed E-state index contributed by atoms with van der Waals surface area (Å²) in [5.74, 6) is 0.512. The number of methoxy groups -OCH3 is 1. The van der Waals surface area contributed by atoms with E-state index in [2.05, 4.69) is 39.6 Å². The molecule has 1 heterocycles. The zero-order chi connectivity index (χ0) is 18.0. The first-order valence-electron chi connectivity index (χ1n) is 8.41. The van der Waals surface area contributed by atoms with Crippen molar-refractivity contribution in [3.63, 3.8) is 0 Å². The van der Waals surface area contributed by atoms with Crippen LogP contribution in [0.5, 0.6) is 5.75 Å². The maximum absolute atomic E-state index is 12.2. The molecule has 1 aliphatic heterocycles. The average molecular weight is 331 g/mol. The Morgan fingerprint density at radius 2 is 1.67 bits per heavy atom. The number of hydrogen-bond acceptors (Lipinski definition) is 4. The van der Waals surface area contributed by atoms with Gasteiger partial charge in [0.1, 0.15) is 11.9 Å². The summed E-state index contributed by atoms with van der Waals surface area (Å²) in [6.45, 7) is 8.79. The summed E-state index contributed by atoms with van der Waals surface area (Å²) >= 11 is 0. The van der Waals surface area contributed by atoms with Crippen LogP contribution >= 0.6 is 0 Å². The van der Waals surface area contributed by atoms with Gasteiger partial charge in [-0.2, -0.15) is 0 Å². The molecule has 0 unspecified atom stereocenters. The largest absolute Gasteiger partial charge is 0.497 e. The average Bonchev–Trinajstić information content (AvgIpc) is 2.50. The van der Waals surface area contributed by atoms with Gasteiger partial charge in [-0.3, -0.25) is 4.90 Å². The second-order valence-electron chi connectivity index (χ2n) is 7.76. The highest BCUT2D eigenvalue weighted by atomic mass is 16.5. The summed E-state index contributed by atoms with van der Waals surface area (Å²) in [5, 5.41) is 0. The van der Waals surface area contributed by atoms with Crippen molar-refractivity contribution >= 4 is 12.0 Å². The highest BCUT2D eigenvalue weighted by Crippen LogP contribution is 2.38. The Balaban J connectivity index is 1.97. The van der Waals surface area contributed by atoms with E-state index in [1.165, 1.54) is 6.08 Å². The molecule has 4 heteroatoms. The predicted octanol–water partition coefficient (Wildman–Crippen LogP) is 3.90. The van der Waals surface area contributed by atoms with Gasteiger partial charge in [-0.15, -0.1) is 0 Å². The Hall–Kier alpha value is -1.81. The first-order chi connectivity index (χ1) is 11.1. The molecule has 0 atom stereocenters. The van der Waals surface area contributed by atoms with Crippen molar-refractivity contribution in [2.24, 2.45) is 0 Å². The maximum atomic E-state index is 12.2. The van der Waals surface area contributed by atoms with Crippen LogP contribution in [0.3, 0.4) is 0 Å². The highest BCUT2D eigenvalue weighted by Gasteiger charge is 2.44. The summed E-state index contributed by atoms with van der Waals surface area (Å²) in [7, 11) is 3.77. The molecular weight excluding hydrogens is 302 g/mol. The van der Waals surface area contributed by atoms with Crippen molar-refractivity contribution < 1.29 is 14.3 Å². The summed E-state index contributed by atoms with van der Waals surface area (Å²) in [5.41, 5.74) is 0.954. The molecule has 24 heavy (non-hydrogen) atoms. The molecule has 1 fully saturated rings. The van der Waals surface area contributed by atoms with E-state index in [1.807, 2.05) is 24.3 Å². The van der Waals surface area contributed by atoms with Crippen LogP contribution in [0.1, 0.15) is 46.1 Å². The van der Waals surface area contributed by atoms with Gasteiger partial charge < -0.3 is 9.47 Å². The number of hydrogen-bond donors (Lipinski definition) is 0. The Labute approximate surface area is 145 Å². The standard InChI is InChI=1S/C20H29NO3/c1-19(2)13-17(14-20(3,4)21(19)5)24-18(22)12-9-15-7-10-16(23-6)11-8-15/h7-12,17H,13-14H2,1-6H3/b12-9+. The molecule has 1 saturated heterocycles. The second-order valence-corrected chi connectivity index (χ2v) is 7.76. The lowest BCUT2D eigenvalue weighted by molar-refractivity contribution is -0.152. The number of piperidine rings is 1. The van der Waals surface area contributed by atoms with E-state index in [-0.39, 0.29) is 23.2 Å². The molecule has 0 spiro atoms. The Morgan fingerprint density at radius 3 is 2.17 bits per heavy atom. The summed E-state index contributed by atoms with van der Waals surface area (Å²) in [4.78, 5) is 14.5. The normalized spacial score (nSPS) is 20.9. The number of carbonyl (C=O) groups is 1. The molecule has 0 saturated carbocycles. The van der Waals surface area contributed by atoms with Crippen LogP contribution in [-0.4, -0.2) is 42.2 Å². The van der Waals surface area contributed by atoms with Gasteiger partial charge in [-0.25, -0.2) is 4.79 Å². The predicted molar refractivity (Wildman–Crippen MR) is 97.1 cm³/mol. The first-order valence-corrected chi connectivity index (χ1v) is 8.41. The second kappa shape index (κ2) is 6.98. The van der Waals surface area contributed by atoms with Crippen molar-refractivity contribution in [2.75, 3.05) is 14.2 Å². The number of esters is 1. The molecule has 4 nitrogen and oxygen atoms in total. The van der Waals surface area contributed by atoms with Gasteiger partial charge in [0.25, 0.3) is 0 Å². The minimum absolute atomic E-state index is 0.00634. The Kier molecular flexibility index (Phi) is 5.38. The van der Waals surface area contributed by atoms with Crippen molar-refractivity contribution in [3.8, 4) is 5.75 Å². The minimum Gasteiger partial charge on any atom is -0.497 e. The molecule has 1 aromatic rings. The van der Waals surface area contributed by atoms with E-state index in [1.54, 1.807) is 13.2 Å². The fraction of sp³-hybridized carbons (Fsp3) is 0.550. The molecule has 0 aromatic heterocycles. The lowest BCUT2D eigenvalue weighted by Crippen LogP contribution is -2.60. The third kappa shape index (κ3) is 4.38. The molecule has 1 aromatic carbocycles. The summed E-state index contributed by atoms with van der Waals surface area (Å²) in [6.07, 6.45) is 4.90. The van der Waals surface area contributed by atoms with Gasteiger partial charge in [0.15, 0.2) is 0 Å². The molecular formula is C20H29NO3. The van der Waals surface area contributed by atoms with Crippen molar-refractivity contribution in [1.29, 1.82) is 0 Å². The van der Waals surface area contributed by atoms with Gasteiger partial charge in [-0.1, -0.05) is 12.1 Å². The lowest BCUT2D eigenvalue weighted by atomic mass is 9.79. The van der Waals surface area contributed by atoms with E-state index in [4.69, 9.17) is 9.47 Å². The molecule has 0 amide bonds. The monoisotopic (exact) mass is 331 g/mol. The van der Waals surface area contributed by atoms with Gasteiger partial charge >= 0.3 is 5.97 Å². The van der Waals surface area contributed by atoms with E-state index in [0.717, 1.165) is 24.2 Å². The van der Waals surface area contributed by atoms with Crippen LogP contribution in [0.2, 0.25) is 0 Å². The van der Waals surface area contributed by atoms with Crippen LogP contribution in [0.25, 0.3) is 6.08 Å². The number of carbonyl (C=O) groups excluding carboxylic acids is 1. The molecule has 2 rings (SSSR count). The molecule has 0 radical (unpaired) electrons. The van der Waals surface area contributed by atoms with E-state index < -0.39 is 0 Å². The zero-order valence-corrected chi connectivity index (χ0v) is 15.6. The molecule has 0 bridgehead atoms. The summed E-state index contributed by atoms with van der Waals surface area (Å²) < 4.78 is 10.8. The van der Waals surface area contributed by atoms with Gasteiger partial charge in [0, 0.05) is 30.0 Å². The molecule has 1 aliphatic rings. The van der Waals surface area contributed by atoms with E-state index in [9.17, 15) is 4.79 Å². The van der Waals surface area contributed by atoms with Crippen LogP contribution in [-0.2, 0) is 9.53 Å². The zero-order valence-electron chi connectivity index (χ0n) is 15.6. The smallest absolute Gasteiger partial charge is 0.331 e. The molecule has 0 N–H and O–H groups in total. The van der Waals surface area contributed by atoms with Crippen LogP contribution < -0.4 is 4.74 Å². The molecule has 132 valence electrons. The fourth-order valence-electron chi connectivity index (χ4n) is 3.45. The van der Waals surface area contributed by atoms with Crippen molar-refractivity contribution in [2.45, 2.75) is 57.7 Å². The molecule has 0 aliphatic carbocycles. The van der Waals surface area contributed by atoms with Gasteiger partial charge in [0.2, 0.25) is 0 Å². The van der Waals surface area contributed by atoms with E-state index >= 15 is 0 Å². The quantitative estimate of drug-likeness (QED) is 0.619.